The van der Waals surface area contributed by atoms with Crippen molar-refractivity contribution in [1.29, 1.82) is 0 Å². The number of hydrogen-bond donors (Lipinski definition) is 0. The van der Waals surface area contributed by atoms with E-state index in [4.69, 9.17) is 4.74 Å². The SMILES string of the molecule is O=C(Cc1ccc(-c2ccccc2)cc1)OCc1ccc([N+](=O)[O-])cc1. The van der Waals surface area contributed by atoms with Crippen LogP contribution in [0.15, 0.2) is 78.9 Å². The molecule has 0 spiro atoms. The van der Waals surface area contributed by atoms with Crippen LogP contribution in [0, 0.1) is 10.1 Å². The zero-order valence-electron chi connectivity index (χ0n) is 14.0. The van der Waals surface area contributed by atoms with Gasteiger partial charge in [-0.05, 0) is 34.4 Å². The minimum absolute atomic E-state index is 0.0126. The van der Waals surface area contributed by atoms with Crippen molar-refractivity contribution in [3.63, 3.8) is 0 Å². The van der Waals surface area contributed by atoms with Crippen LogP contribution in [0.1, 0.15) is 11.1 Å². The Balaban J connectivity index is 1.54. The monoisotopic (exact) mass is 347 g/mol. The van der Waals surface area contributed by atoms with Crippen LogP contribution in [0.4, 0.5) is 5.69 Å². The molecule has 0 radical (unpaired) electrons. The number of benzene rings is 3. The minimum Gasteiger partial charge on any atom is -0.461 e. The predicted molar refractivity (Wildman–Crippen MR) is 98.5 cm³/mol. The Morgan fingerprint density at radius 1 is 0.808 bits per heavy atom. The lowest BCUT2D eigenvalue weighted by atomic mass is 10.0. The molecule has 26 heavy (non-hydrogen) atoms. The van der Waals surface area contributed by atoms with Crippen molar-refractivity contribution in [3.05, 3.63) is 100 Å². The first-order chi connectivity index (χ1) is 12.6. The Labute approximate surface area is 151 Å². The number of nitrogens with zero attached hydrogens (tertiary/aromatic N) is 1. The third-order valence-electron chi connectivity index (χ3n) is 3.96. The molecule has 0 amide bonds. The number of carbonyl (C=O) groups excluding carboxylic acids is 1. The highest BCUT2D eigenvalue weighted by Gasteiger charge is 2.08. The first-order valence-electron chi connectivity index (χ1n) is 8.15. The smallest absolute Gasteiger partial charge is 0.310 e. The molecule has 5 nitrogen and oxygen atoms in total. The molecule has 3 aromatic carbocycles. The predicted octanol–water partition coefficient (Wildman–Crippen LogP) is 4.55. The number of ether oxygens (including phenoxy) is 1. The number of esters is 1. The van der Waals surface area contributed by atoms with Gasteiger partial charge in [-0.1, -0.05) is 54.6 Å². The summed E-state index contributed by atoms with van der Waals surface area (Å²) in [5.74, 6) is -0.337. The number of hydrogen-bond acceptors (Lipinski definition) is 4. The molecule has 0 atom stereocenters. The van der Waals surface area contributed by atoms with Gasteiger partial charge in [0.15, 0.2) is 0 Å². The molecule has 0 fully saturated rings. The Morgan fingerprint density at radius 3 is 2.00 bits per heavy atom. The Hall–Kier alpha value is -3.47. The number of nitro benzene ring substituents is 1. The molecule has 0 N–H and O–H groups in total. The molecular weight excluding hydrogens is 330 g/mol. The summed E-state index contributed by atoms with van der Waals surface area (Å²) >= 11 is 0. The molecule has 0 saturated carbocycles. The maximum absolute atomic E-state index is 12.0. The van der Waals surface area contributed by atoms with Crippen LogP contribution < -0.4 is 0 Å². The van der Waals surface area contributed by atoms with E-state index in [9.17, 15) is 14.9 Å². The number of non-ortho nitro benzene ring substituents is 1. The van der Waals surface area contributed by atoms with Gasteiger partial charge in [0, 0.05) is 12.1 Å². The van der Waals surface area contributed by atoms with Crippen LogP contribution in [0.3, 0.4) is 0 Å². The van der Waals surface area contributed by atoms with Gasteiger partial charge in [-0.3, -0.25) is 14.9 Å². The lowest BCUT2D eigenvalue weighted by molar-refractivity contribution is -0.384. The van der Waals surface area contributed by atoms with E-state index in [1.165, 1.54) is 12.1 Å². The molecule has 0 aliphatic rings. The second-order valence-electron chi connectivity index (χ2n) is 5.82. The molecule has 130 valence electrons. The van der Waals surface area contributed by atoms with Gasteiger partial charge in [0.05, 0.1) is 11.3 Å². The maximum Gasteiger partial charge on any atom is 0.310 e. The largest absolute Gasteiger partial charge is 0.461 e. The summed E-state index contributed by atoms with van der Waals surface area (Å²) in [7, 11) is 0. The maximum atomic E-state index is 12.0. The van der Waals surface area contributed by atoms with Crippen molar-refractivity contribution in [2.45, 2.75) is 13.0 Å². The fourth-order valence-electron chi connectivity index (χ4n) is 2.54. The normalized spacial score (nSPS) is 10.3. The Kier molecular flexibility index (Phi) is 5.39. The van der Waals surface area contributed by atoms with Crippen LogP contribution >= 0.6 is 0 Å². The zero-order valence-corrected chi connectivity index (χ0v) is 14.0. The fourth-order valence-corrected chi connectivity index (χ4v) is 2.54. The Morgan fingerprint density at radius 2 is 1.38 bits per heavy atom. The van der Waals surface area contributed by atoms with Gasteiger partial charge in [0.2, 0.25) is 0 Å². The van der Waals surface area contributed by atoms with Gasteiger partial charge in [0.1, 0.15) is 6.61 Å². The van der Waals surface area contributed by atoms with Crippen LogP contribution in [0.5, 0.6) is 0 Å². The molecule has 0 aromatic heterocycles. The first-order valence-corrected chi connectivity index (χ1v) is 8.15. The first kappa shape index (κ1) is 17.4. The second kappa shape index (κ2) is 8.07. The van der Waals surface area contributed by atoms with Crippen LogP contribution in [0.2, 0.25) is 0 Å². The van der Waals surface area contributed by atoms with E-state index in [1.54, 1.807) is 12.1 Å². The second-order valence-corrected chi connectivity index (χ2v) is 5.82. The molecule has 3 rings (SSSR count). The summed E-state index contributed by atoms with van der Waals surface area (Å²) in [6.07, 6.45) is 0.183. The van der Waals surface area contributed by atoms with Crippen LogP contribution in [-0.2, 0) is 22.6 Å². The third-order valence-corrected chi connectivity index (χ3v) is 3.96. The molecule has 5 heteroatoms. The van der Waals surface area contributed by atoms with E-state index in [-0.39, 0.29) is 24.7 Å². The highest BCUT2D eigenvalue weighted by Crippen LogP contribution is 2.19. The molecule has 0 aliphatic carbocycles. The van der Waals surface area contributed by atoms with E-state index in [0.29, 0.717) is 5.56 Å². The van der Waals surface area contributed by atoms with Crippen molar-refractivity contribution in [3.8, 4) is 11.1 Å². The quantitative estimate of drug-likeness (QED) is 0.373. The van der Waals surface area contributed by atoms with Gasteiger partial charge in [-0.2, -0.15) is 0 Å². The molecule has 0 aliphatic heterocycles. The Bertz CT molecular complexity index is 888. The van der Waals surface area contributed by atoms with Crippen molar-refractivity contribution in [2.75, 3.05) is 0 Å². The van der Waals surface area contributed by atoms with E-state index < -0.39 is 4.92 Å². The molecule has 0 unspecified atom stereocenters. The van der Waals surface area contributed by atoms with Gasteiger partial charge in [-0.15, -0.1) is 0 Å². The summed E-state index contributed by atoms with van der Waals surface area (Å²) in [6, 6.07) is 23.8. The van der Waals surface area contributed by atoms with Crippen molar-refractivity contribution < 1.29 is 14.5 Å². The number of carbonyl (C=O) groups is 1. The molecule has 0 bridgehead atoms. The number of nitro groups is 1. The van der Waals surface area contributed by atoms with Gasteiger partial charge in [-0.25, -0.2) is 0 Å². The lowest BCUT2D eigenvalue weighted by Gasteiger charge is -2.06. The van der Waals surface area contributed by atoms with Crippen LogP contribution in [0.25, 0.3) is 11.1 Å². The van der Waals surface area contributed by atoms with Crippen molar-refractivity contribution >= 4 is 11.7 Å². The van der Waals surface area contributed by atoms with Crippen molar-refractivity contribution in [2.24, 2.45) is 0 Å². The number of rotatable bonds is 6. The minimum atomic E-state index is -0.463. The van der Waals surface area contributed by atoms with Crippen LogP contribution in [-0.4, -0.2) is 10.9 Å². The fraction of sp³-hybridized carbons (Fsp3) is 0.0952. The summed E-state index contributed by atoms with van der Waals surface area (Å²) < 4.78 is 5.24. The molecular formula is C21H17NO4. The average molecular weight is 347 g/mol. The average Bonchev–Trinajstić information content (AvgIpc) is 2.68. The third kappa shape index (κ3) is 4.54. The van der Waals surface area contributed by atoms with E-state index >= 15 is 0 Å². The molecule has 0 saturated heterocycles. The summed E-state index contributed by atoms with van der Waals surface area (Å²) in [5.41, 5.74) is 3.81. The van der Waals surface area contributed by atoms with E-state index in [0.717, 1.165) is 16.7 Å². The summed E-state index contributed by atoms with van der Waals surface area (Å²) in [6.45, 7) is 0.0962. The highest BCUT2D eigenvalue weighted by molar-refractivity contribution is 5.73. The topological polar surface area (TPSA) is 69.4 Å². The van der Waals surface area contributed by atoms with Crippen molar-refractivity contribution in [1.82, 2.24) is 0 Å². The van der Waals surface area contributed by atoms with E-state index in [2.05, 4.69) is 0 Å². The van der Waals surface area contributed by atoms with Gasteiger partial charge >= 0.3 is 5.97 Å². The highest BCUT2D eigenvalue weighted by atomic mass is 16.6. The molecule has 3 aromatic rings. The zero-order chi connectivity index (χ0) is 18.4. The standard InChI is InChI=1S/C21H17NO4/c23-21(26-15-17-8-12-20(13-9-17)22(24)25)14-16-6-10-19(11-7-16)18-4-2-1-3-5-18/h1-13H,14-15H2. The lowest BCUT2D eigenvalue weighted by Crippen LogP contribution is -2.08. The van der Waals surface area contributed by atoms with Gasteiger partial charge in [0.25, 0.3) is 5.69 Å². The van der Waals surface area contributed by atoms with E-state index in [1.807, 2.05) is 54.6 Å². The molecule has 0 heterocycles. The summed E-state index contributed by atoms with van der Waals surface area (Å²) in [4.78, 5) is 22.1. The van der Waals surface area contributed by atoms with Gasteiger partial charge < -0.3 is 4.74 Å². The summed E-state index contributed by atoms with van der Waals surface area (Å²) in [5, 5.41) is 10.6.